The van der Waals surface area contributed by atoms with Crippen LogP contribution in [0.15, 0.2) is 0 Å². The van der Waals surface area contributed by atoms with Crippen molar-refractivity contribution in [2.45, 2.75) is 50.6 Å². The average molecular weight is 266 g/mol. The highest BCUT2D eigenvalue weighted by Gasteiger charge is 2.45. The third-order valence-electron chi connectivity index (χ3n) is 2.75. The number of halogens is 1. The maximum atomic E-state index is 11.2. The molecule has 16 heavy (non-hydrogen) atoms. The molecule has 0 spiro atoms. The Labute approximate surface area is 107 Å². The molecule has 1 aliphatic heterocycles. The Kier molecular flexibility index (Phi) is 6.11. The predicted octanol–water partition coefficient (Wildman–Crippen LogP) is 2.76. The zero-order valence-corrected chi connectivity index (χ0v) is 11.3. The molecule has 1 atom stereocenters. The summed E-state index contributed by atoms with van der Waals surface area (Å²) in [5.41, 5.74) is 0. The third kappa shape index (κ3) is 3.91. The Hall–Kier alpha value is 0.230. The second-order valence-electron chi connectivity index (χ2n) is 4.15. The highest BCUT2D eigenvalue weighted by molar-refractivity contribution is 7.98. The van der Waals surface area contributed by atoms with Gasteiger partial charge in [0.2, 0.25) is 5.78 Å². The van der Waals surface area contributed by atoms with Crippen LogP contribution in [0.5, 0.6) is 0 Å². The number of hydrogen-bond donors (Lipinski definition) is 1. The van der Waals surface area contributed by atoms with E-state index in [0.29, 0.717) is 6.54 Å². The Morgan fingerprint density at radius 2 is 2.00 bits per heavy atom. The molecule has 1 unspecified atom stereocenters. The van der Waals surface area contributed by atoms with Crippen LogP contribution in [-0.2, 0) is 4.79 Å². The summed E-state index contributed by atoms with van der Waals surface area (Å²) in [5, 5.41) is 7.93. The van der Waals surface area contributed by atoms with Crippen LogP contribution in [0.2, 0.25) is 0 Å². The molecule has 0 aromatic carbocycles. The fraction of sp³-hybridized carbons (Fsp3) is 0.909. The minimum atomic E-state index is -1.76. The molecule has 1 saturated heterocycles. The minimum absolute atomic E-state index is 0.288. The van der Waals surface area contributed by atoms with Crippen LogP contribution in [0.1, 0.15) is 45.4 Å². The first-order valence-electron chi connectivity index (χ1n) is 5.94. The zero-order valence-electron chi connectivity index (χ0n) is 9.75. The van der Waals surface area contributed by atoms with E-state index in [2.05, 4.69) is 6.92 Å². The van der Waals surface area contributed by atoms with Crippen molar-refractivity contribution in [2.75, 3.05) is 12.3 Å². The van der Waals surface area contributed by atoms with Gasteiger partial charge in [-0.3, -0.25) is 4.79 Å². The summed E-state index contributed by atoms with van der Waals surface area (Å²) in [5.74, 6) is -0.0133. The van der Waals surface area contributed by atoms with Crippen LogP contribution in [0.4, 0.5) is 0 Å². The lowest BCUT2D eigenvalue weighted by atomic mass is 10.1. The molecule has 1 aliphatic rings. The number of nitrogens with zero attached hydrogens (tertiary/aromatic N) is 1. The van der Waals surface area contributed by atoms with Gasteiger partial charge in [-0.1, -0.05) is 62.6 Å². The summed E-state index contributed by atoms with van der Waals surface area (Å²) in [6, 6.07) is 0. The maximum Gasteiger partial charge on any atom is 0.267 e. The highest BCUT2D eigenvalue weighted by Crippen LogP contribution is 2.34. The van der Waals surface area contributed by atoms with Crippen molar-refractivity contribution in [2.24, 2.45) is 0 Å². The van der Waals surface area contributed by atoms with Gasteiger partial charge in [-0.15, -0.1) is 0 Å². The van der Waals surface area contributed by atoms with E-state index in [1.54, 1.807) is 4.31 Å². The molecular weight excluding hydrogens is 246 g/mol. The van der Waals surface area contributed by atoms with Crippen molar-refractivity contribution in [3.63, 3.8) is 0 Å². The van der Waals surface area contributed by atoms with E-state index in [-0.39, 0.29) is 11.5 Å². The smallest absolute Gasteiger partial charge is 0.267 e. The van der Waals surface area contributed by atoms with E-state index in [1.165, 1.54) is 37.6 Å². The van der Waals surface area contributed by atoms with Gasteiger partial charge in [-0.25, -0.2) is 4.31 Å². The Balaban J connectivity index is 2.12. The van der Waals surface area contributed by atoms with Crippen molar-refractivity contribution in [3.05, 3.63) is 0 Å². The quantitative estimate of drug-likeness (QED) is 0.333. The standard InChI is InChI=1S/C11H20ClNO2S/c1-2-3-4-5-6-7-8-13-11(12,15)10(14)9-16-13/h15H,2-9H2,1H3. The fourth-order valence-corrected chi connectivity index (χ4v) is 3.08. The summed E-state index contributed by atoms with van der Waals surface area (Å²) in [4.78, 5) is 11.2. The third-order valence-corrected chi connectivity index (χ3v) is 4.42. The molecule has 0 aromatic rings. The normalized spacial score (nSPS) is 26.6. The van der Waals surface area contributed by atoms with Gasteiger partial charge in [0.05, 0.1) is 5.75 Å². The van der Waals surface area contributed by atoms with Gasteiger partial charge in [-0.2, -0.15) is 0 Å². The van der Waals surface area contributed by atoms with Gasteiger partial charge in [0.25, 0.3) is 5.18 Å². The van der Waals surface area contributed by atoms with Crippen molar-refractivity contribution in [3.8, 4) is 0 Å². The minimum Gasteiger partial charge on any atom is -0.356 e. The monoisotopic (exact) mass is 265 g/mol. The lowest BCUT2D eigenvalue weighted by Crippen LogP contribution is -2.41. The summed E-state index contributed by atoms with van der Waals surface area (Å²) < 4.78 is 1.59. The maximum absolute atomic E-state index is 11.2. The molecule has 1 heterocycles. The molecule has 0 aliphatic carbocycles. The lowest BCUT2D eigenvalue weighted by Gasteiger charge is -2.23. The topological polar surface area (TPSA) is 40.5 Å². The predicted molar refractivity (Wildman–Crippen MR) is 68.3 cm³/mol. The van der Waals surface area contributed by atoms with Gasteiger partial charge in [0.15, 0.2) is 0 Å². The first-order chi connectivity index (χ1) is 7.59. The summed E-state index contributed by atoms with van der Waals surface area (Å²) >= 11 is 7.09. The molecule has 0 radical (unpaired) electrons. The van der Waals surface area contributed by atoms with E-state index in [0.717, 1.165) is 12.8 Å². The van der Waals surface area contributed by atoms with Gasteiger partial charge in [0.1, 0.15) is 0 Å². The Morgan fingerprint density at radius 3 is 2.56 bits per heavy atom. The summed E-state index contributed by atoms with van der Waals surface area (Å²) in [7, 11) is 0. The van der Waals surface area contributed by atoms with Crippen molar-refractivity contribution >= 4 is 29.3 Å². The first kappa shape index (κ1) is 14.3. The van der Waals surface area contributed by atoms with E-state index in [4.69, 9.17) is 11.6 Å². The Bertz CT molecular complexity index is 236. The number of rotatable bonds is 7. The molecule has 0 saturated carbocycles. The second-order valence-corrected chi connectivity index (χ2v) is 5.67. The lowest BCUT2D eigenvalue weighted by molar-refractivity contribution is -0.132. The fourth-order valence-electron chi connectivity index (χ4n) is 1.70. The van der Waals surface area contributed by atoms with E-state index >= 15 is 0 Å². The van der Waals surface area contributed by atoms with Gasteiger partial charge in [0, 0.05) is 6.54 Å². The van der Waals surface area contributed by atoms with Crippen LogP contribution in [-0.4, -0.2) is 32.7 Å². The van der Waals surface area contributed by atoms with Crippen LogP contribution >= 0.6 is 23.5 Å². The number of alkyl halides is 1. The number of aliphatic hydroxyl groups is 1. The number of hydrogen-bond acceptors (Lipinski definition) is 4. The molecule has 0 amide bonds. The van der Waals surface area contributed by atoms with Crippen LogP contribution < -0.4 is 0 Å². The second kappa shape index (κ2) is 6.84. The average Bonchev–Trinajstić information content (AvgIpc) is 2.49. The van der Waals surface area contributed by atoms with Crippen LogP contribution in [0, 0.1) is 0 Å². The number of Topliss-reactive ketones (excluding diaryl/α,β-unsaturated/α-hetero) is 1. The molecule has 1 rings (SSSR count). The van der Waals surface area contributed by atoms with Gasteiger partial charge in [-0.05, 0) is 6.42 Å². The number of ketones is 1. The number of carbonyl (C=O) groups excluding carboxylic acids is 1. The molecule has 5 heteroatoms. The molecule has 0 aromatic heterocycles. The van der Waals surface area contributed by atoms with Crippen LogP contribution in [0.3, 0.4) is 0 Å². The van der Waals surface area contributed by atoms with Gasteiger partial charge < -0.3 is 5.11 Å². The van der Waals surface area contributed by atoms with Crippen molar-refractivity contribution in [1.82, 2.24) is 4.31 Å². The first-order valence-corrected chi connectivity index (χ1v) is 7.26. The molecule has 3 nitrogen and oxygen atoms in total. The van der Waals surface area contributed by atoms with E-state index in [9.17, 15) is 9.90 Å². The Morgan fingerprint density at radius 1 is 1.38 bits per heavy atom. The summed E-state index contributed by atoms with van der Waals surface area (Å²) in [6.07, 6.45) is 7.15. The zero-order chi connectivity index (χ0) is 12.0. The van der Waals surface area contributed by atoms with Crippen LogP contribution in [0.25, 0.3) is 0 Å². The van der Waals surface area contributed by atoms with E-state index < -0.39 is 5.18 Å². The molecule has 1 N–H and O–H groups in total. The number of carbonyl (C=O) groups is 1. The molecule has 0 bridgehead atoms. The summed E-state index contributed by atoms with van der Waals surface area (Å²) in [6.45, 7) is 2.88. The molecule has 94 valence electrons. The molecular formula is C11H20ClNO2S. The van der Waals surface area contributed by atoms with Gasteiger partial charge >= 0.3 is 0 Å². The number of unbranched alkanes of at least 4 members (excludes halogenated alkanes) is 5. The largest absolute Gasteiger partial charge is 0.356 e. The van der Waals surface area contributed by atoms with Crippen molar-refractivity contribution < 1.29 is 9.90 Å². The highest BCUT2D eigenvalue weighted by atomic mass is 35.5. The molecule has 1 fully saturated rings. The van der Waals surface area contributed by atoms with Crippen molar-refractivity contribution in [1.29, 1.82) is 0 Å². The SMILES string of the molecule is CCCCCCCCN1SCC(=O)C1(O)Cl. The van der Waals surface area contributed by atoms with E-state index in [1.807, 2.05) is 0 Å².